The molecule has 0 amide bonds. The quantitative estimate of drug-likeness (QED) is 0.467. The van der Waals surface area contributed by atoms with Crippen LogP contribution in [0.25, 0.3) is 0 Å². The van der Waals surface area contributed by atoms with Gasteiger partial charge in [0.15, 0.2) is 0 Å². The van der Waals surface area contributed by atoms with Gasteiger partial charge in [-0.15, -0.1) is 0 Å². The summed E-state index contributed by atoms with van der Waals surface area (Å²) in [7, 11) is 1.65. The lowest BCUT2D eigenvalue weighted by Crippen LogP contribution is -2.54. The lowest BCUT2D eigenvalue weighted by Gasteiger charge is -2.37. The van der Waals surface area contributed by atoms with Gasteiger partial charge in [-0.1, -0.05) is 44.4 Å². The van der Waals surface area contributed by atoms with Gasteiger partial charge in [-0.3, -0.25) is 5.32 Å². The van der Waals surface area contributed by atoms with Crippen molar-refractivity contribution in [2.24, 2.45) is 16.8 Å². The smallest absolute Gasteiger partial charge is 0.273 e. The molecule has 3 N–H and O–H groups in total. The minimum atomic E-state index is -3.25. The monoisotopic (exact) mass is 490 g/mol. The fourth-order valence-electron chi connectivity index (χ4n) is 5.46. The molecule has 4 unspecified atom stereocenters. The Balaban J connectivity index is 1.65. The molecule has 2 aliphatic heterocycles. The fourth-order valence-corrected chi connectivity index (χ4v) is 5.46. The number of benzene rings is 1. The lowest BCUT2D eigenvalue weighted by molar-refractivity contribution is 0.0135. The summed E-state index contributed by atoms with van der Waals surface area (Å²) >= 11 is 0. The first-order chi connectivity index (χ1) is 16.6. The molecule has 192 valence electrons. The Bertz CT molecular complexity index is 1030. The highest BCUT2D eigenvalue weighted by Gasteiger charge is 2.34. The summed E-state index contributed by atoms with van der Waals surface area (Å²) in [5.74, 6) is -1.53. The van der Waals surface area contributed by atoms with Crippen LogP contribution < -0.4 is 16.0 Å². The van der Waals surface area contributed by atoms with Crippen LogP contribution in [0.3, 0.4) is 0 Å². The number of aliphatic imine (C=N–C) groups is 1. The SMILES string of the molecule is COC1=NC2NC(C)NC(N[C@H](C)c3cccc(C(C)(F)F)c3F)=C2C=C1CC1CCCCC1C. The summed E-state index contributed by atoms with van der Waals surface area (Å²) < 4.78 is 48.5. The van der Waals surface area contributed by atoms with Gasteiger partial charge >= 0.3 is 0 Å². The third-order valence-electron chi connectivity index (χ3n) is 7.50. The van der Waals surface area contributed by atoms with Gasteiger partial charge < -0.3 is 15.4 Å². The van der Waals surface area contributed by atoms with E-state index in [4.69, 9.17) is 9.73 Å². The third kappa shape index (κ3) is 5.52. The standard InChI is InChI=1S/C27H37F3N4O/c1-15-9-6-7-10-18(15)13-19-14-21-24(32-17(3)33-25(21)34-26(19)35-5)31-16(2)20-11-8-12-22(23(20)28)27(4,29)30/h8,11-12,14-18,25,31-33H,6-7,9-10,13H2,1-5H3/t15?,16-,17?,18?,25?/m1/s1. The molecule has 0 radical (unpaired) electrons. The van der Waals surface area contributed by atoms with Crippen LogP contribution in [0.5, 0.6) is 0 Å². The van der Waals surface area contributed by atoms with Crippen molar-refractivity contribution >= 4 is 5.90 Å². The van der Waals surface area contributed by atoms with E-state index in [0.29, 0.717) is 24.7 Å². The predicted octanol–water partition coefficient (Wildman–Crippen LogP) is 5.87. The molecule has 8 heteroatoms. The second-order valence-corrected chi connectivity index (χ2v) is 10.3. The van der Waals surface area contributed by atoms with Crippen molar-refractivity contribution in [3.8, 4) is 0 Å². The van der Waals surface area contributed by atoms with Crippen LogP contribution in [-0.2, 0) is 10.7 Å². The van der Waals surface area contributed by atoms with Gasteiger partial charge in [0.05, 0.1) is 24.9 Å². The maximum absolute atomic E-state index is 15.0. The van der Waals surface area contributed by atoms with Crippen molar-refractivity contribution < 1.29 is 17.9 Å². The van der Waals surface area contributed by atoms with E-state index in [1.54, 1.807) is 20.1 Å². The molecule has 5 nitrogen and oxygen atoms in total. The lowest BCUT2D eigenvalue weighted by atomic mass is 9.76. The number of nitrogens with one attached hydrogen (secondary N) is 3. The van der Waals surface area contributed by atoms with Gasteiger partial charge in [-0.2, -0.15) is 0 Å². The topological polar surface area (TPSA) is 57.7 Å². The molecule has 0 bridgehead atoms. The molecular weight excluding hydrogens is 453 g/mol. The van der Waals surface area contributed by atoms with Crippen molar-refractivity contribution in [2.75, 3.05) is 7.11 Å². The van der Waals surface area contributed by atoms with Crippen molar-refractivity contribution in [3.05, 3.63) is 58.2 Å². The fraction of sp³-hybridized carbons (Fsp3) is 0.593. The number of rotatable bonds is 6. The van der Waals surface area contributed by atoms with Gasteiger partial charge in [0.25, 0.3) is 5.92 Å². The minimum absolute atomic E-state index is 0.107. The molecule has 1 aromatic carbocycles. The highest BCUT2D eigenvalue weighted by molar-refractivity contribution is 5.95. The molecule has 2 heterocycles. The molecule has 0 spiro atoms. The second-order valence-electron chi connectivity index (χ2n) is 10.3. The maximum atomic E-state index is 15.0. The molecule has 1 aliphatic carbocycles. The van der Waals surface area contributed by atoms with Gasteiger partial charge in [-0.05, 0) is 44.6 Å². The highest BCUT2D eigenvalue weighted by Crippen LogP contribution is 2.37. The number of alkyl halides is 2. The zero-order chi connectivity index (χ0) is 25.3. The number of hydrogen-bond acceptors (Lipinski definition) is 5. The molecule has 1 aromatic rings. The molecule has 1 saturated carbocycles. The molecule has 3 aliphatic rings. The predicted molar refractivity (Wildman–Crippen MR) is 132 cm³/mol. The van der Waals surface area contributed by atoms with Gasteiger partial charge in [0.2, 0.25) is 5.90 Å². The third-order valence-corrected chi connectivity index (χ3v) is 7.50. The number of fused-ring (bicyclic) bond motifs is 1. The molecule has 35 heavy (non-hydrogen) atoms. The van der Waals surface area contributed by atoms with Crippen LogP contribution in [-0.4, -0.2) is 25.3 Å². The summed E-state index contributed by atoms with van der Waals surface area (Å²) in [6.45, 7) is 6.77. The van der Waals surface area contributed by atoms with Crippen LogP contribution in [0, 0.1) is 17.7 Å². The first kappa shape index (κ1) is 25.6. The second kappa shape index (κ2) is 10.2. The van der Waals surface area contributed by atoms with Crippen LogP contribution in [0.4, 0.5) is 13.2 Å². The molecule has 5 atom stereocenters. The Morgan fingerprint density at radius 3 is 2.66 bits per heavy atom. The zero-order valence-corrected chi connectivity index (χ0v) is 21.2. The number of dihydropyridines is 1. The van der Waals surface area contributed by atoms with E-state index in [1.165, 1.54) is 31.7 Å². The summed E-state index contributed by atoms with van der Waals surface area (Å²) in [6, 6.07) is 3.61. The summed E-state index contributed by atoms with van der Waals surface area (Å²) in [4.78, 5) is 4.84. The summed E-state index contributed by atoms with van der Waals surface area (Å²) in [6.07, 6.45) is 7.56. The normalized spacial score (nSPS) is 27.9. The van der Waals surface area contributed by atoms with Gasteiger partial charge in [0.1, 0.15) is 17.8 Å². The van der Waals surface area contributed by atoms with Crippen LogP contribution in [0.2, 0.25) is 0 Å². The average molecular weight is 491 g/mol. The highest BCUT2D eigenvalue weighted by atomic mass is 19.3. The number of halogens is 3. The molecule has 0 aromatic heterocycles. The van der Waals surface area contributed by atoms with E-state index in [1.807, 2.05) is 6.92 Å². The maximum Gasteiger partial charge on any atom is 0.273 e. The van der Waals surface area contributed by atoms with Crippen molar-refractivity contribution in [1.29, 1.82) is 0 Å². The summed E-state index contributed by atoms with van der Waals surface area (Å²) in [5.41, 5.74) is 1.56. The van der Waals surface area contributed by atoms with Crippen LogP contribution in [0.15, 0.2) is 46.2 Å². The molecule has 1 fully saturated rings. The number of methoxy groups -OCH3 is 1. The Morgan fingerprint density at radius 2 is 1.97 bits per heavy atom. The van der Waals surface area contributed by atoms with Crippen molar-refractivity contribution in [3.63, 3.8) is 0 Å². The first-order valence-electron chi connectivity index (χ1n) is 12.6. The van der Waals surface area contributed by atoms with Crippen LogP contribution >= 0.6 is 0 Å². The number of ether oxygens (including phenoxy) is 1. The Kier molecular flexibility index (Phi) is 7.50. The molecular formula is C27H37F3N4O. The zero-order valence-electron chi connectivity index (χ0n) is 21.2. The Labute approximate surface area is 206 Å². The van der Waals surface area contributed by atoms with E-state index < -0.39 is 23.3 Å². The largest absolute Gasteiger partial charge is 0.481 e. The Morgan fingerprint density at radius 1 is 1.23 bits per heavy atom. The number of hydrogen-bond donors (Lipinski definition) is 3. The summed E-state index contributed by atoms with van der Waals surface area (Å²) in [5, 5.41) is 10.1. The minimum Gasteiger partial charge on any atom is -0.481 e. The van der Waals surface area contributed by atoms with Gasteiger partial charge in [0, 0.05) is 23.6 Å². The average Bonchev–Trinajstić information content (AvgIpc) is 2.79. The van der Waals surface area contributed by atoms with Crippen LogP contribution in [0.1, 0.15) is 77.0 Å². The number of nitrogens with zero attached hydrogens (tertiary/aromatic N) is 1. The van der Waals surface area contributed by atoms with E-state index in [2.05, 4.69) is 29.0 Å². The van der Waals surface area contributed by atoms with E-state index in [9.17, 15) is 8.78 Å². The van der Waals surface area contributed by atoms with E-state index in [0.717, 1.165) is 29.5 Å². The van der Waals surface area contributed by atoms with Crippen molar-refractivity contribution in [2.45, 2.75) is 84.1 Å². The van der Waals surface area contributed by atoms with E-state index >= 15 is 4.39 Å². The molecule has 4 rings (SSSR count). The first-order valence-corrected chi connectivity index (χ1v) is 12.6. The molecule has 0 saturated heterocycles. The van der Waals surface area contributed by atoms with E-state index in [-0.39, 0.29) is 17.9 Å². The van der Waals surface area contributed by atoms with Gasteiger partial charge in [-0.25, -0.2) is 18.2 Å². The Hall–Kier alpha value is -2.48. The van der Waals surface area contributed by atoms with Crippen molar-refractivity contribution in [1.82, 2.24) is 16.0 Å².